The van der Waals surface area contributed by atoms with Crippen LogP contribution in [0, 0.1) is 0 Å². The minimum Gasteiger partial charge on any atom is -0.456 e. The maximum atomic E-state index is 7.05. The van der Waals surface area contributed by atoms with Gasteiger partial charge in [0.2, 0.25) is 0 Å². The fraction of sp³-hybridized carbons (Fsp3) is 0.0526. The Hall–Kier alpha value is -8.02. The van der Waals surface area contributed by atoms with E-state index in [4.69, 9.17) is 17.7 Å². The van der Waals surface area contributed by atoms with Gasteiger partial charge in [-0.15, -0.1) is 0 Å². The van der Waals surface area contributed by atoms with Crippen molar-refractivity contribution in [2.45, 2.75) is 19.3 Å². The van der Waals surface area contributed by atoms with E-state index < -0.39 is 0 Å². The molecule has 0 amide bonds. The Morgan fingerprint density at radius 1 is 0.355 bits per heavy atom. The molecular weight excluding hydrogens is 763 g/mol. The van der Waals surface area contributed by atoms with E-state index in [0.717, 1.165) is 116 Å². The Balaban J connectivity index is 1.05. The molecule has 0 fully saturated rings. The van der Waals surface area contributed by atoms with E-state index in [2.05, 4.69) is 158 Å². The second-order valence-corrected chi connectivity index (χ2v) is 17.2. The number of anilines is 3. The number of hydrogen-bond donors (Lipinski definition) is 0. The largest absolute Gasteiger partial charge is 0.456 e. The lowest BCUT2D eigenvalue weighted by Crippen LogP contribution is -2.16. The van der Waals surface area contributed by atoms with Crippen molar-refractivity contribution in [1.29, 1.82) is 0 Å². The highest BCUT2D eigenvalue weighted by Crippen LogP contribution is 2.53. The first-order chi connectivity index (χ1) is 30.5. The number of hydrogen-bond acceptors (Lipinski definition) is 5. The molecule has 5 nitrogen and oxygen atoms in total. The molecule has 62 heavy (non-hydrogen) atoms. The predicted molar refractivity (Wildman–Crippen MR) is 253 cm³/mol. The summed E-state index contributed by atoms with van der Waals surface area (Å²) >= 11 is 0. The van der Waals surface area contributed by atoms with Crippen LogP contribution in [0.15, 0.2) is 194 Å². The average Bonchev–Trinajstić information content (AvgIpc) is 4.12. The van der Waals surface area contributed by atoms with Crippen molar-refractivity contribution in [3.63, 3.8) is 0 Å². The van der Waals surface area contributed by atoms with Gasteiger partial charge >= 0.3 is 0 Å². The zero-order valence-corrected chi connectivity index (χ0v) is 33.8. The van der Waals surface area contributed by atoms with Crippen molar-refractivity contribution in [2.75, 3.05) is 4.90 Å². The van der Waals surface area contributed by atoms with E-state index in [9.17, 15) is 0 Å². The molecule has 0 saturated carbocycles. The van der Waals surface area contributed by atoms with Gasteiger partial charge in [0.1, 0.15) is 39.1 Å². The highest BCUT2D eigenvalue weighted by molar-refractivity contribution is 6.26. The summed E-state index contributed by atoms with van der Waals surface area (Å²) < 4.78 is 27.2. The molecule has 292 valence electrons. The monoisotopic (exact) mass is 797 g/mol. The zero-order valence-electron chi connectivity index (χ0n) is 33.8. The highest BCUT2D eigenvalue weighted by atomic mass is 16.3. The normalized spacial score (nSPS) is 13.5. The minimum atomic E-state index is -0.180. The molecule has 0 saturated heterocycles. The van der Waals surface area contributed by atoms with Crippen LogP contribution in [-0.4, -0.2) is 0 Å². The van der Waals surface area contributed by atoms with Gasteiger partial charge in [-0.2, -0.15) is 0 Å². The lowest BCUT2D eigenvalue weighted by Gasteiger charge is -2.28. The summed E-state index contributed by atoms with van der Waals surface area (Å²) in [4.78, 5) is 2.35. The van der Waals surface area contributed by atoms with Gasteiger partial charge in [0.15, 0.2) is 5.58 Å². The number of furan rings is 4. The number of rotatable bonds is 4. The van der Waals surface area contributed by atoms with Crippen LogP contribution in [0.4, 0.5) is 17.1 Å². The maximum absolute atomic E-state index is 7.05. The Morgan fingerprint density at radius 3 is 1.73 bits per heavy atom. The van der Waals surface area contributed by atoms with Crippen molar-refractivity contribution < 1.29 is 17.7 Å². The average molecular weight is 798 g/mol. The first-order valence-electron chi connectivity index (χ1n) is 21.2. The molecule has 13 aromatic rings. The highest BCUT2D eigenvalue weighted by Gasteiger charge is 2.36. The van der Waals surface area contributed by atoms with Crippen molar-refractivity contribution >= 4 is 105 Å². The van der Waals surface area contributed by atoms with Crippen LogP contribution in [0.3, 0.4) is 0 Å². The first-order valence-corrected chi connectivity index (χ1v) is 21.2. The molecule has 0 bridgehead atoms. The third-order valence-electron chi connectivity index (χ3n) is 13.5. The van der Waals surface area contributed by atoms with Gasteiger partial charge in [0.25, 0.3) is 0 Å². The van der Waals surface area contributed by atoms with E-state index in [1.807, 2.05) is 36.4 Å². The summed E-state index contributed by atoms with van der Waals surface area (Å²) in [6, 6.07) is 62.0. The topological polar surface area (TPSA) is 55.8 Å². The summed E-state index contributed by atoms with van der Waals surface area (Å²) in [6.45, 7) is 4.66. The van der Waals surface area contributed by atoms with Gasteiger partial charge < -0.3 is 22.6 Å². The van der Waals surface area contributed by atoms with Gasteiger partial charge in [-0.05, 0) is 82.9 Å². The van der Waals surface area contributed by atoms with Crippen LogP contribution in [-0.2, 0) is 5.41 Å². The molecular formula is C57H35NO4. The van der Waals surface area contributed by atoms with Crippen LogP contribution in [0.5, 0.6) is 0 Å². The maximum Gasteiger partial charge on any atom is 0.159 e. The number of nitrogens with zero attached hydrogens (tertiary/aromatic N) is 1. The molecule has 1 aliphatic rings. The minimum absolute atomic E-state index is 0.180. The Bertz CT molecular complexity index is 4040. The third kappa shape index (κ3) is 4.46. The Morgan fingerprint density at radius 2 is 0.919 bits per heavy atom. The summed E-state index contributed by atoms with van der Waals surface area (Å²) in [6.07, 6.45) is 0. The molecule has 0 aliphatic heterocycles. The van der Waals surface area contributed by atoms with Gasteiger partial charge in [-0.25, -0.2) is 0 Å². The third-order valence-corrected chi connectivity index (χ3v) is 13.5. The van der Waals surface area contributed by atoms with Crippen LogP contribution < -0.4 is 4.90 Å². The van der Waals surface area contributed by atoms with Crippen molar-refractivity contribution in [3.8, 4) is 22.3 Å². The van der Waals surface area contributed by atoms with Crippen LogP contribution >= 0.6 is 0 Å². The fourth-order valence-electron chi connectivity index (χ4n) is 10.6. The Kier molecular flexibility index (Phi) is 6.57. The molecule has 4 heterocycles. The summed E-state index contributed by atoms with van der Waals surface area (Å²) in [7, 11) is 0. The van der Waals surface area contributed by atoms with Gasteiger partial charge in [-0.1, -0.05) is 129 Å². The summed E-state index contributed by atoms with van der Waals surface area (Å²) in [5.74, 6) is 0. The molecule has 14 rings (SSSR count). The van der Waals surface area contributed by atoms with Crippen LogP contribution in [0.2, 0.25) is 0 Å². The lowest BCUT2D eigenvalue weighted by atomic mass is 9.82. The number of benzene rings is 9. The molecule has 1 aliphatic carbocycles. The quantitative estimate of drug-likeness (QED) is 0.177. The first kappa shape index (κ1) is 33.8. The molecule has 5 heteroatoms. The molecule has 9 aromatic carbocycles. The molecule has 0 N–H and O–H groups in total. The molecule has 0 spiro atoms. The second-order valence-electron chi connectivity index (χ2n) is 17.2. The molecule has 0 atom stereocenters. The SMILES string of the molecule is CC1(C)c2ccccc2-c2ccc(N(c3ccc4oc5c(-c6cccc7c6oc6ccccc67)c6c(cc5c4c3)oc3ccccc36)c3cccc4c3oc3ccccc34)cc21. The van der Waals surface area contributed by atoms with E-state index in [-0.39, 0.29) is 5.41 Å². The zero-order chi connectivity index (χ0) is 40.8. The van der Waals surface area contributed by atoms with Gasteiger partial charge in [-0.3, -0.25) is 0 Å². The smallest absolute Gasteiger partial charge is 0.159 e. The Labute approximate surface area is 354 Å². The van der Waals surface area contributed by atoms with Crippen molar-refractivity contribution in [2.24, 2.45) is 0 Å². The van der Waals surface area contributed by atoms with Gasteiger partial charge in [0.05, 0.1) is 5.69 Å². The van der Waals surface area contributed by atoms with E-state index >= 15 is 0 Å². The summed E-state index contributed by atoms with van der Waals surface area (Å²) in [5.41, 5.74) is 16.5. The molecule has 0 radical (unpaired) electrons. The van der Waals surface area contributed by atoms with E-state index in [1.54, 1.807) is 0 Å². The van der Waals surface area contributed by atoms with Crippen LogP contribution in [0.1, 0.15) is 25.0 Å². The fourth-order valence-corrected chi connectivity index (χ4v) is 10.6. The lowest BCUT2D eigenvalue weighted by molar-refractivity contribution is 0.660. The number of para-hydroxylation sites is 5. The van der Waals surface area contributed by atoms with E-state index in [1.165, 1.54) is 22.3 Å². The van der Waals surface area contributed by atoms with Crippen LogP contribution in [0.25, 0.3) is 110 Å². The van der Waals surface area contributed by atoms with Crippen molar-refractivity contribution in [3.05, 3.63) is 187 Å². The molecule has 0 unspecified atom stereocenters. The second kappa shape index (κ2) is 12.1. The molecule has 4 aromatic heterocycles. The van der Waals surface area contributed by atoms with Crippen molar-refractivity contribution in [1.82, 2.24) is 0 Å². The van der Waals surface area contributed by atoms with Gasteiger partial charge in [0, 0.05) is 71.0 Å². The predicted octanol–water partition coefficient (Wildman–Crippen LogP) is 16.7. The number of fused-ring (bicyclic) bond motifs is 15. The van der Waals surface area contributed by atoms with E-state index in [0.29, 0.717) is 0 Å². The summed E-state index contributed by atoms with van der Waals surface area (Å²) in [5, 5.41) is 8.28. The standard InChI is InChI=1S/C57H35NO4/c1-57(2)44-20-7-3-13-34(44)35-27-25-33(30-45(35)57)58(46-21-12-18-39-37-15-5-9-23-48(37)61-55(39)46)32-26-28-50-42(29-32)43-31-51-52(40-16-6-10-24-49(40)59-51)53(56(43)62-50)41-19-11-17-38-36-14-4-8-22-47(36)60-54(38)41/h3-31H,1-2H3.